The number of thiazole rings is 1. The number of hydrogen-bond acceptors (Lipinski definition) is 4. The van der Waals surface area contributed by atoms with E-state index in [-0.39, 0.29) is 0 Å². The topological polar surface area (TPSA) is 37.8 Å². The van der Waals surface area contributed by atoms with Crippen LogP contribution in [-0.4, -0.2) is 9.97 Å². The second-order valence-electron chi connectivity index (χ2n) is 3.10. The Balaban J connectivity index is 1.96. The Kier molecular flexibility index (Phi) is 3.18. The van der Waals surface area contributed by atoms with Crippen LogP contribution >= 0.6 is 22.9 Å². The number of rotatable bonds is 3. The fraction of sp³-hybridized carbons (Fsp3) is 0.200. The van der Waals surface area contributed by atoms with Crippen LogP contribution in [0.15, 0.2) is 23.7 Å². The van der Waals surface area contributed by atoms with Crippen molar-refractivity contribution < 1.29 is 0 Å². The van der Waals surface area contributed by atoms with E-state index >= 15 is 0 Å². The van der Waals surface area contributed by atoms with E-state index in [1.54, 1.807) is 17.5 Å². The zero-order valence-corrected chi connectivity index (χ0v) is 9.77. The van der Waals surface area contributed by atoms with Crippen molar-refractivity contribution in [2.75, 3.05) is 5.32 Å². The molecule has 0 bridgehead atoms. The number of nitrogens with one attached hydrogen (secondary N) is 1. The molecule has 2 aromatic rings. The number of pyridine rings is 1. The number of anilines is 1. The molecule has 0 aliphatic rings. The number of aromatic nitrogens is 2. The van der Waals surface area contributed by atoms with Crippen LogP contribution in [0.2, 0.25) is 5.02 Å². The smallest absolute Gasteiger partial charge is 0.126 e. The van der Waals surface area contributed by atoms with Crippen molar-refractivity contribution in [3.8, 4) is 0 Å². The van der Waals surface area contributed by atoms with Gasteiger partial charge in [0.2, 0.25) is 0 Å². The predicted molar refractivity (Wildman–Crippen MR) is 63.4 cm³/mol. The molecule has 0 saturated carbocycles. The summed E-state index contributed by atoms with van der Waals surface area (Å²) in [6, 6.07) is 3.66. The highest BCUT2D eigenvalue weighted by molar-refractivity contribution is 7.09. The lowest BCUT2D eigenvalue weighted by molar-refractivity contribution is 1.06. The van der Waals surface area contributed by atoms with Gasteiger partial charge in [-0.25, -0.2) is 9.97 Å². The van der Waals surface area contributed by atoms with E-state index in [0.717, 1.165) is 16.5 Å². The molecule has 0 atom stereocenters. The summed E-state index contributed by atoms with van der Waals surface area (Å²) in [5.41, 5.74) is 1.06. The van der Waals surface area contributed by atoms with Gasteiger partial charge in [0.15, 0.2) is 0 Å². The first kappa shape index (κ1) is 10.4. The molecule has 5 heteroatoms. The van der Waals surface area contributed by atoms with Crippen LogP contribution in [-0.2, 0) is 6.54 Å². The molecule has 2 heterocycles. The molecule has 2 aromatic heterocycles. The molecule has 2 rings (SSSR count). The second kappa shape index (κ2) is 4.59. The molecule has 0 aromatic carbocycles. The summed E-state index contributed by atoms with van der Waals surface area (Å²) in [5, 5.41) is 6.92. The zero-order valence-electron chi connectivity index (χ0n) is 8.20. The molecule has 0 unspecified atom stereocenters. The van der Waals surface area contributed by atoms with Gasteiger partial charge in [0.25, 0.3) is 0 Å². The highest BCUT2D eigenvalue weighted by atomic mass is 35.5. The first-order valence-electron chi connectivity index (χ1n) is 4.50. The fourth-order valence-corrected chi connectivity index (χ4v) is 1.95. The van der Waals surface area contributed by atoms with Crippen molar-refractivity contribution in [1.29, 1.82) is 0 Å². The van der Waals surface area contributed by atoms with Crippen molar-refractivity contribution in [2.45, 2.75) is 13.5 Å². The van der Waals surface area contributed by atoms with Crippen molar-refractivity contribution in [1.82, 2.24) is 9.97 Å². The van der Waals surface area contributed by atoms with E-state index in [1.807, 2.05) is 24.4 Å². The molecule has 0 aliphatic heterocycles. The maximum atomic E-state index is 5.73. The minimum atomic E-state index is 0.644. The van der Waals surface area contributed by atoms with Crippen LogP contribution in [0.25, 0.3) is 0 Å². The monoisotopic (exact) mass is 239 g/mol. The lowest BCUT2D eigenvalue weighted by Gasteiger charge is -2.02. The summed E-state index contributed by atoms with van der Waals surface area (Å²) in [7, 11) is 0. The van der Waals surface area contributed by atoms with E-state index in [1.165, 1.54) is 0 Å². The quantitative estimate of drug-likeness (QED) is 0.895. The Morgan fingerprint density at radius 1 is 1.47 bits per heavy atom. The summed E-state index contributed by atoms with van der Waals surface area (Å²) in [5.74, 6) is 0.812. The Hall–Kier alpha value is -1.13. The van der Waals surface area contributed by atoms with Crippen molar-refractivity contribution in [3.05, 3.63) is 39.4 Å². The van der Waals surface area contributed by atoms with E-state index < -0.39 is 0 Å². The second-order valence-corrected chi connectivity index (χ2v) is 4.48. The van der Waals surface area contributed by atoms with E-state index in [2.05, 4.69) is 15.3 Å². The predicted octanol–water partition coefficient (Wildman–Crippen LogP) is 3.11. The van der Waals surface area contributed by atoms with Crippen LogP contribution in [0.5, 0.6) is 0 Å². The number of nitrogens with zero attached hydrogens (tertiary/aromatic N) is 2. The molecule has 78 valence electrons. The average Bonchev–Trinajstić information content (AvgIpc) is 2.64. The first-order chi connectivity index (χ1) is 7.24. The Bertz CT molecular complexity index is 438. The van der Waals surface area contributed by atoms with Crippen molar-refractivity contribution in [2.24, 2.45) is 0 Å². The molecule has 15 heavy (non-hydrogen) atoms. The summed E-state index contributed by atoms with van der Waals surface area (Å²) in [6.45, 7) is 2.69. The van der Waals surface area contributed by atoms with Crippen molar-refractivity contribution >= 4 is 28.8 Å². The highest BCUT2D eigenvalue weighted by Crippen LogP contribution is 2.13. The SMILES string of the molecule is Cc1csc(CNc2ccc(Cl)cn2)n1. The average molecular weight is 240 g/mol. The molecular formula is C10H10ClN3S. The lowest BCUT2D eigenvalue weighted by Crippen LogP contribution is -2.00. The van der Waals surface area contributed by atoms with E-state index in [0.29, 0.717) is 11.6 Å². The van der Waals surface area contributed by atoms with Gasteiger partial charge in [-0.3, -0.25) is 0 Å². The first-order valence-corrected chi connectivity index (χ1v) is 5.76. The highest BCUT2D eigenvalue weighted by Gasteiger charge is 1.99. The van der Waals surface area contributed by atoms with Crippen LogP contribution < -0.4 is 5.32 Å². The number of aryl methyl sites for hydroxylation is 1. The standard InChI is InChI=1S/C10H10ClN3S/c1-7-6-15-10(14-7)5-13-9-3-2-8(11)4-12-9/h2-4,6H,5H2,1H3,(H,12,13). The van der Waals surface area contributed by atoms with Gasteiger partial charge in [0.1, 0.15) is 10.8 Å². The summed E-state index contributed by atoms with van der Waals surface area (Å²) in [6.07, 6.45) is 1.62. The fourth-order valence-electron chi connectivity index (χ4n) is 1.13. The van der Waals surface area contributed by atoms with Gasteiger partial charge in [-0.1, -0.05) is 11.6 Å². The minimum absolute atomic E-state index is 0.644. The van der Waals surface area contributed by atoms with Crippen LogP contribution in [0, 0.1) is 6.92 Å². The molecular weight excluding hydrogens is 230 g/mol. The van der Waals surface area contributed by atoms with Crippen LogP contribution in [0.1, 0.15) is 10.7 Å². The van der Waals surface area contributed by atoms with Crippen LogP contribution in [0.4, 0.5) is 5.82 Å². The Labute approximate surface area is 97.2 Å². The number of halogens is 1. The van der Waals surface area contributed by atoms with Gasteiger partial charge < -0.3 is 5.32 Å². The van der Waals surface area contributed by atoms with Gasteiger partial charge >= 0.3 is 0 Å². The van der Waals surface area contributed by atoms with Crippen LogP contribution in [0.3, 0.4) is 0 Å². The molecule has 1 N–H and O–H groups in total. The molecule has 0 saturated heterocycles. The van der Waals surface area contributed by atoms with Gasteiger partial charge in [-0.2, -0.15) is 0 Å². The maximum Gasteiger partial charge on any atom is 0.126 e. The zero-order chi connectivity index (χ0) is 10.7. The van der Waals surface area contributed by atoms with E-state index in [4.69, 9.17) is 11.6 Å². The lowest BCUT2D eigenvalue weighted by atomic mass is 10.4. The molecule has 0 fully saturated rings. The Morgan fingerprint density at radius 3 is 2.93 bits per heavy atom. The van der Waals surface area contributed by atoms with Crippen molar-refractivity contribution in [3.63, 3.8) is 0 Å². The molecule has 0 spiro atoms. The molecule has 0 radical (unpaired) electrons. The third-order valence-corrected chi connectivity index (χ3v) is 3.00. The third kappa shape index (κ3) is 2.91. The summed E-state index contributed by atoms with van der Waals surface area (Å²) < 4.78 is 0. The third-order valence-electron chi connectivity index (χ3n) is 1.81. The molecule has 0 aliphatic carbocycles. The molecule has 0 amide bonds. The normalized spacial score (nSPS) is 10.3. The van der Waals surface area contributed by atoms with Gasteiger partial charge in [0, 0.05) is 17.3 Å². The minimum Gasteiger partial charge on any atom is -0.364 e. The summed E-state index contributed by atoms with van der Waals surface area (Å²) >= 11 is 7.38. The van der Waals surface area contributed by atoms with Gasteiger partial charge in [0.05, 0.1) is 11.6 Å². The van der Waals surface area contributed by atoms with Gasteiger partial charge in [-0.15, -0.1) is 11.3 Å². The van der Waals surface area contributed by atoms with Gasteiger partial charge in [-0.05, 0) is 19.1 Å². The summed E-state index contributed by atoms with van der Waals surface area (Å²) in [4.78, 5) is 8.48. The largest absolute Gasteiger partial charge is 0.364 e. The Morgan fingerprint density at radius 2 is 2.33 bits per heavy atom. The number of hydrogen-bond donors (Lipinski definition) is 1. The van der Waals surface area contributed by atoms with E-state index in [9.17, 15) is 0 Å². The molecule has 3 nitrogen and oxygen atoms in total. The maximum absolute atomic E-state index is 5.73.